The monoisotopic (exact) mass is 384 g/mol. The first-order valence-electron chi connectivity index (χ1n) is 9.53. The summed E-state index contributed by atoms with van der Waals surface area (Å²) in [7, 11) is -3.48. The lowest BCUT2D eigenvalue weighted by Crippen LogP contribution is -2.28. The standard InChI is InChI=1S/C21H24N2O3S/c24-21(14-16-9-10-17-5-3-6-18(17)13-16)22-19-7-4-8-20(15-19)27(25,26)23-11-1-2-12-23/h4,7-10,13,15H,1-3,5-6,11-12,14H2,(H,22,24). The predicted molar refractivity (Wildman–Crippen MR) is 105 cm³/mol. The molecule has 0 spiro atoms. The number of hydrogen-bond acceptors (Lipinski definition) is 3. The maximum absolute atomic E-state index is 12.7. The molecule has 0 unspecified atom stereocenters. The summed E-state index contributed by atoms with van der Waals surface area (Å²) in [6.45, 7) is 1.13. The number of amides is 1. The number of hydrogen-bond donors (Lipinski definition) is 1. The van der Waals surface area contributed by atoms with Gasteiger partial charge in [0.25, 0.3) is 0 Å². The molecule has 2 aromatic rings. The van der Waals surface area contributed by atoms with E-state index >= 15 is 0 Å². The van der Waals surface area contributed by atoms with Crippen LogP contribution in [0.1, 0.15) is 36.0 Å². The smallest absolute Gasteiger partial charge is 0.243 e. The Kier molecular flexibility index (Phi) is 5.02. The van der Waals surface area contributed by atoms with Gasteiger partial charge in [-0.05, 0) is 67.0 Å². The molecule has 6 heteroatoms. The van der Waals surface area contributed by atoms with E-state index in [1.807, 2.05) is 6.07 Å². The van der Waals surface area contributed by atoms with E-state index in [0.717, 1.165) is 31.2 Å². The van der Waals surface area contributed by atoms with Crippen molar-refractivity contribution in [2.45, 2.75) is 43.4 Å². The molecule has 1 amide bonds. The zero-order valence-corrected chi connectivity index (χ0v) is 16.1. The van der Waals surface area contributed by atoms with E-state index in [1.165, 1.54) is 21.9 Å². The summed E-state index contributed by atoms with van der Waals surface area (Å²) in [4.78, 5) is 12.7. The SMILES string of the molecule is O=C(Cc1ccc2c(c1)CCC2)Nc1cccc(S(=O)(=O)N2CCCC2)c1. The van der Waals surface area contributed by atoms with Crippen LogP contribution in [0.3, 0.4) is 0 Å². The number of rotatable bonds is 5. The number of sulfonamides is 1. The average Bonchev–Trinajstić information content (AvgIpc) is 3.33. The summed E-state index contributed by atoms with van der Waals surface area (Å²) >= 11 is 0. The van der Waals surface area contributed by atoms with Crippen molar-refractivity contribution in [1.82, 2.24) is 4.31 Å². The lowest BCUT2D eigenvalue weighted by Gasteiger charge is -2.16. The van der Waals surface area contributed by atoms with Gasteiger partial charge in [0.05, 0.1) is 11.3 Å². The number of nitrogens with zero attached hydrogens (tertiary/aromatic N) is 1. The second kappa shape index (κ2) is 7.44. The molecule has 1 fully saturated rings. The molecule has 0 radical (unpaired) electrons. The van der Waals surface area contributed by atoms with Crippen molar-refractivity contribution in [2.24, 2.45) is 0 Å². The number of aryl methyl sites for hydroxylation is 2. The van der Waals surface area contributed by atoms with Gasteiger partial charge in [-0.25, -0.2) is 8.42 Å². The van der Waals surface area contributed by atoms with Gasteiger partial charge in [-0.1, -0.05) is 24.3 Å². The molecule has 2 aromatic carbocycles. The van der Waals surface area contributed by atoms with Gasteiger partial charge in [-0.15, -0.1) is 0 Å². The Bertz CT molecular complexity index is 963. The first-order chi connectivity index (χ1) is 13.0. The van der Waals surface area contributed by atoms with Crippen molar-refractivity contribution >= 4 is 21.6 Å². The quantitative estimate of drug-likeness (QED) is 0.861. The third kappa shape index (κ3) is 3.92. The van der Waals surface area contributed by atoms with E-state index in [4.69, 9.17) is 0 Å². The van der Waals surface area contributed by atoms with E-state index in [1.54, 1.807) is 24.3 Å². The zero-order chi connectivity index (χ0) is 18.9. The molecule has 1 saturated heterocycles. The fraction of sp³-hybridized carbons (Fsp3) is 0.381. The highest BCUT2D eigenvalue weighted by Crippen LogP contribution is 2.24. The van der Waals surface area contributed by atoms with Crippen molar-refractivity contribution < 1.29 is 13.2 Å². The molecule has 2 aliphatic rings. The van der Waals surface area contributed by atoms with Gasteiger partial charge < -0.3 is 5.32 Å². The molecule has 0 saturated carbocycles. The minimum atomic E-state index is -3.48. The van der Waals surface area contributed by atoms with Crippen LogP contribution in [0.2, 0.25) is 0 Å². The first kappa shape index (κ1) is 18.2. The number of carbonyl (C=O) groups is 1. The zero-order valence-electron chi connectivity index (χ0n) is 15.3. The molecule has 1 aliphatic heterocycles. The fourth-order valence-corrected chi connectivity index (χ4v) is 5.50. The van der Waals surface area contributed by atoms with Gasteiger partial charge in [0.1, 0.15) is 0 Å². The third-order valence-corrected chi connectivity index (χ3v) is 7.24. The number of fused-ring (bicyclic) bond motifs is 1. The highest BCUT2D eigenvalue weighted by Gasteiger charge is 2.27. The van der Waals surface area contributed by atoms with Gasteiger partial charge in [-0.3, -0.25) is 4.79 Å². The number of anilines is 1. The van der Waals surface area contributed by atoms with Crippen LogP contribution in [-0.2, 0) is 34.1 Å². The third-order valence-electron chi connectivity index (χ3n) is 5.35. The second-order valence-corrected chi connectivity index (χ2v) is 9.26. The molecule has 1 aliphatic carbocycles. The Labute approximate surface area is 160 Å². The Balaban J connectivity index is 1.45. The Morgan fingerprint density at radius 3 is 2.56 bits per heavy atom. The molecule has 4 rings (SSSR count). The number of carbonyl (C=O) groups excluding carboxylic acids is 1. The number of benzene rings is 2. The molecular weight excluding hydrogens is 360 g/mol. The fourth-order valence-electron chi connectivity index (χ4n) is 3.94. The van der Waals surface area contributed by atoms with Gasteiger partial charge in [-0.2, -0.15) is 4.31 Å². The van der Waals surface area contributed by atoms with E-state index in [0.29, 0.717) is 18.8 Å². The van der Waals surface area contributed by atoms with Gasteiger partial charge >= 0.3 is 0 Å². The average molecular weight is 385 g/mol. The molecule has 27 heavy (non-hydrogen) atoms. The van der Waals surface area contributed by atoms with Crippen LogP contribution >= 0.6 is 0 Å². The molecule has 0 atom stereocenters. The van der Waals surface area contributed by atoms with E-state index in [2.05, 4.69) is 17.4 Å². The van der Waals surface area contributed by atoms with Crippen molar-refractivity contribution in [3.8, 4) is 0 Å². The van der Waals surface area contributed by atoms with Crippen molar-refractivity contribution in [2.75, 3.05) is 18.4 Å². The van der Waals surface area contributed by atoms with Gasteiger partial charge in [0.15, 0.2) is 0 Å². The summed E-state index contributed by atoms with van der Waals surface area (Å²) in [5.74, 6) is -0.135. The summed E-state index contributed by atoms with van der Waals surface area (Å²) in [5, 5.41) is 2.84. The molecular formula is C21H24N2O3S. The highest BCUT2D eigenvalue weighted by molar-refractivity contribution is 7.89. The van der Waals surface area contributed by atoms with E-state index in [9.17, 15) is 13.2 Å². The summed E-state index contributed by atoms with van der Waals surface area (Å²) < 4.78 is 26.9. The lowest BCUT2D eigenvalue weighted by atomic mass is 10.0. The topological polar surface area (TPSA) is 66.5 Å². The van der Waals surface area contributed by atoms with Crippen LogP contribution in [0.15, 0.2) is 47.4 Å². The van der Waals surface area contributed by atoms with Crippen LogP contribution in [0.4, 0.5) is 5.69 Å². The van der Waals surface area contributed by atoms with Crippen LogP contribution < -0.4 is 5.32 Å². The highest BCUT2D eigenvalue weighted by atomic mass is 32.2. The Morgan fingerprint density at radius 1 is 0.963 bits per heavy atom. The lowest BCUT2D eigenvalue weighted by molar-refractivity contribution is -0.115. The molecule has 142 valence electrons. The van der Waals surface area contributed by atoms with E-state index < -0.39 is 10.0 Å². The minimum absolute atomic E-state index is 0.135. The maximum atomic E-state index is 12.7. The first-order valence-corrected chi connectivity index (χ1v) is 11.0. The molecule has 0 bridgehead atoms. The maximum Gasteiger partial charge on any atom is 0.243 e. The largest absolute Gasteiger partial charge is 0.326 e. The normalized spacial score (nSPS) is 17.0. The van der Waals surface area contributed by atoms with Crippen LogP contribution in [0.25, 0.3) is 0 Å². The molecule has 0 aromatic heterocycles. The van der Waals surface area contributed by atoms with E-state index in [-0.39, 0.29) is 17.2 Å². The second-order valence-electron chi connectivity index (χ2n) is 7.32. The summed E-state index contributed by atoms with van der Waals surface area (Å²) in [6.07, 6.45) is 5.48. The van der Waals surface area contributed by atoms with Gasteiger partial charge in [0, 0.05) is 18.8 Å². The van der Waals surface area contributed by atoms with Crippen LogP contribution in [0, 0.1) is 0 Å². The summed E-state index contributed by atoms with van der Waals surface area (Å²) in [6, 6.07) is 12.8. The minimum Gasteiger partial charge on any atom is -0.326 e. The number of nitrogens with one attached hydrogen (secondary N) is 1. The Morgan fingerprint density at radius 2 is 1.74 bits per heavy atom. The van der Waals surface area contributed by atoms with Crippen molar-refractivity contribution in [3.63, 3.8) is 0 Å². The van der Waals surface area contributed by atoms with Crippen LogP contribution in [0.5, 0.6) is 0 Å². The van der Waals surface area contributed by atoms with Crippen molar-refractivity contribution in [3.05, 3.63) is 59.2 Å². The molecule has 5 nitrogen and oxygen atoms in total. The predicted octanol–water partition coefficient (Wildman–Crippen LogP) is 3.14. The van der Waals surface area contributed by atoms with Gasteiger partial charge in [0.2, 0.25) is 15.9 Å². The Hall–Kier alpha value is -2.18. The van der Waals surface area contributed by atoms with Crippen LogP contribution in [-0.4, -0.2) is 31.7 Å². The van der Waals surface area contributed by atoms with Crippen molar-refractivity contribution in [1.29, 1.82) is 0 Å². The summed E-state index contributed by atoms with van der Waals surface area (Å²) in [5.41, 5.74) is 4.24. The molecule has 1 N–H and O–H groups in total. The molecule has 1 heterocycles.